The van der Waals surface area contributed by atoms with Gasteiger partial charge in [-0.3, -0.25) is 4.79 Å². The summed E-state index contributed by atoms with van der Waals surface area (Å²) in [7, 11) is 0.402. The van der Waals surface area contributed by atoms with Crippen molar-refractivity contribution in [1.82, 2.24) is 9.78 Å². The Labute approximate surface area is 229 Å². The van der Waals surface area contributed by atoms with E-state index < -0.39 is 14.0 Å². The molecule has 0 bridgehead atoms. The monoisotopic (exact) mass is 561 g/mol. The second-order valence-corrected chi connectivity index (χ2v) is 16.1. The number of hydrogen-bond donors (Lipinski definition) is 2. The fraction of sp³-hybridized carbons (Fsp3) is 0.407. The van der Waals surface area contributed by atoms with Gasteiger partial charge in [0.25, 0.3) is 5.91 Å². The Morgan fingerprint density at radius 3 is 2.55 bits per heavy atom. The summed E-state index contributed by atoms with van der Waals surface area (Å²) in [6.07, 6.45) is 1.43. The van der Waals surface area contributed by atoms with Crippen LogP contribution in [0.1, 0.15) is 23.0 Å². The third kappa shape index (κ3) is 8.85. The van der Waals surface area contributed by atoms with E-state index in [-0.39, 0.29) is 25.2 Å². The van der Waals surface area contributed by atoms with Crippen molar-refractivity contribution in [2.75, 3.05) is 32.4 Å². The molecule has 1 unspecified atom stereocenters. The predicted molar refractivity (Wildman–Crippen MR) is 150 cm³/mol. The summed E-state index contributed by atoms with van der Waals surface area (Å²) in [5.74, 6) is 0.507. The van der Waals surface area contributed by atoms with Crippen molar-refractivity contribution in [1.29, 1.82) is 0 Å². The number of nitrogens with one attached hydrogen (secondary N) is 1. The molecule has 9 nitrogen and oxygen atoms in total. The first kappa shape index (κ1) is 29.7. The number of aliphatic hydroxyl groups excluding tert-OH is 1. The van der Waals surface area contributed by atoms with Crippen molar-refractivity contribution in [3.05, 3.63) is 64.9 Å². The maximum atomic E-state index is 13.0. The van der Waals surface area contributed by atoms with Gasteiger partial charge in [0, 0.05) is 43.2 Å². The molecule has 2 N–H and O–H groups in total. The summed E-state index contributed by atoms with van der Waals surface area (Å²) in [4.78, 5) is 13.0. The lowest BCUT2D eigenvalue weighted by atomic mass is 10.2. The van der Waals surface area contributed by atoms with Crippen molar-refractivity contribution in [3.8, 4) is 17.2 Å². The van der Waals surface area contributed by atoms with Gasteiger partial charge in [0.1, 0.15) is 13.4 Å². The number of aliphatic hydroxyl groups is 1. The Bertz CT molecular complexity index is 1200. The Morgan fingerprint density at radius 2 is 1.89 bits per heavy atom. The average Bonchev–Trinajstić information content (AvgIpc) is 3.32. The molecule has 2 aromatic carbocycles. The summed E-state index contributed by atoms with van der Waals surface area (Å²) in [5, 5.41) is 17.5. The third-order valence-corrected chi connectivity index (χ3v) is 7.55. The molecule has 1 aromatic heterocycles. The van der Waals surface area contributed by atoms with Crippen molar-refractivity contribution in [2.45, 2.75) is 45.3 Å². The van der Waals surface area contributed by atoms with E-state index in [9.17, 15) is 9.90 Å². The van der Waals surface area contributed by atoms with Crippen LogP contribution in [0.3, 0.4) is 0 Å². The Hall–Kier alpha value is -2.89. The lowest BCUT2D eigenvalue weighted by Gasteiger charge is -2.18. The van der Waals surface area contributed by atoms with Crippen LogP contribution in [-0.2, 0) is 16.1 Å². The first-order valence-corrected chi connectivity index (χ1v) is 16.4. The van der Waals surface area contributed by atoms with E-state index in [1.165, 1.54) is 11.8 Å². The molecule has 3 aromatic rings. The van der Waals surface area contributed by atoms with Crippen LogP contribution in [0.4, 0.5) is 5.69 Å². The van der Waals surface area contributed by atoms with Gasteiger partial charge in [-0.1, -0.05) is 31.2 Å². The second kappa shape index (κ2) is 13.8. The first-order valence-electron chi connectivity index (χ1n) is 12.4. The Morgan fingerprint density at radius 1 is 1.16 bits per heavy atom. The highest BCUT2D eigenvalue weighted by Crippen LogP contribution is 2.31. The van der Waals surface area contributed by atoms with Gasteiger partial charge in [-0.05, 0) is 49.4 Å². The van der Waals surface area contributed by atoms with E-state index in [4.69, 9.17) is 30.5 Å². The Kier molecular flexibility index (Phi) is 10.7. The molecule has 0 saturated carbocycles. The molecule has 0 aliphatic heterocycles. The molecule has 0 fully saturated rings. The van der Waals surface area contributed by atoms with Crippen LogP contribution >= 0.6 is 11.6 Å². The molecule has 206 valence electrons. The average molecular weight is 562 g/mol. The lowest BCUT2D eigenvalue weighted by Crippen LogP contribution is -2.23. The smallest absolute Gasteiger partial charge is 0.276 e. The maximum absolute atomic E-state index is 13.0. The highest BCUT2D eigenvalue weighted by molar-refractivity contribution is 6.76. The van der Waals surface area contributed by atoms with Crippen LogP contribution < -0.4 is 14.8 Å². The van der Waals surface area contributed by atoms with E-state index in [0.29, 0.717) is 46.7 Å². The molecule has 3 rings (SSSR count). The maximum Gasteiger partial charge on any atom is 0.276 e. The minimum absolute atomic E-state index is 0.111. The quantitative estimate of drug-likeness (QED) is 0.155. The molecule has 0 saturated heterocycles. The first-order chi connectivity index (χ1) is 18.1. The van der Waals surface area contributed by atoms with Gasteiger partial charge in [-0.2, -0.15) is 5.10 Å². The van der Waals surface area contributed by atoms with E-state index in [1.807, 2.05) is 6.92 Å². The molecule has 11 heteroatoms. The number of aromatic nitrogens is 2. The van der Waals surface area contributed by atoms with Gasteiger partial charge in [-0.25, -0.2) is 4.68 Å². The zero-order valence-electron chi connectivity index (χ0n) is 22.5. The summed E-state index contributed by atoms with van der Waals surface area (Å²) < 4.78 is 24.1. The topological polar surface area (TPSA) is 104 Å². The van der Waals surface area contributed by atoms with Gasteiger partial charge in [0.2, 0.25) is 0 Å². The van der Waals surface area contributed by atoms with E-state index in [0.717, 1.165) is 6.04 Å². The van der Waals surface area contributed by atoms with Gasteiger partial charge in [-0.15, -0.1) is 0 Å². The Balaban J connectivity index is 1.58. The van der Waals surface area contributed by atoms with Gasteiger partial charge in [0.05, 0.1) is 25.5 Å². The predicted octanol–water partition coefficient (Wildman–Crippen LogP) is 5.38. The van der Waals surface area contributed by atoms with Crippen LogP contribution in [0, 0.1) is 0 Å². The minimum atomic E-state index is -1.12. The molecule has 0 aliphatic rings. The summed E-state index contributed by atoms with van der Waals surface area (Å²) in [5.41, 5.74) is 1.70. The number of carbonyl (C=O) groups is 1. The van der Waals surface area contributed by atoms with Crippen LogP contribution in [0.2, 0.25) is 30.7 Å². The van der Waals surface area contributed by atoms with Crippen LogP contribution in [0.5, 0.6) is 11.5 Å². The molecule has 38 heavy (non-hydrogen) atoms. The number of hydrogen-bond acceptors (Lipinski definition) is 7. The van der Waals surface area contributed by atoms with Crippen molar-refractivity contribution < 1.29 is 28.8 Å². The largest absolute Gasteiger partial charge is 0.493 e. The zero-order chi connectivity index (χ0) is 27.7. The van der Waals surface area contributed by atoms with E-state index in [1.54, 1.807) is 48.7 Å². The molecule has 0 radical (unpaired) electrons. The number of ether oxygens (including phenoxy) is 4. The number of anilines is 1. The number of carbonyl (C=O) groups excluding carboxylic acids is 1. The summed E-state index contributed by atoms with van der Waals surface area (Å²) in [6, 6.07) is 13.2. The molecule has 1 heterocycles. The number of rotatable bonds is 14. The number of methoxy groups -OCH3 is 1. The fourth-order valence-electron chi connectivity index (χ4n) is 3.35. The van der Waals surface area contributed by atoms with Gasteiger partial charge >= 0.3 is 0 Å². The molecular formula is C27H36ClN3O6Si. The number of halogens is 1. The summed E-state index contributed by atoms with van der Waals surface area (Å²) in [6.45, 7) is 9.72. The van der Waals surface area contributed by atoms with Crippen molar-refractivity contribution >= 4 is 31.3 Å². The van der Waals surface area contributed by atoms with Gasteiger partial charge in [0.15, 0.2) is 17.2 Å². The van der Waals surface area contributed by atoms with Crippen LogP contribution in [0.15, 0.2) is 48.7 Å². The third-order valence-electron chi connectivity index (χ3n) is 5.59. The van der Waals surface area contributed by atoms with Crippen LogP contribution in [-0.4, -0.2) is 62.1 Å². The fourth-order valence-corrected chi connectivity index (χ4v) is 4.24. The number of benzene rings is 2. The summed E-state index contributed by atoms with van der Waals surface area (Å²) >= 11 is 5.95. The number of amides is 1. The molecule has 0 aliphatic carbocycles. The molecule has 1 amide bonds. The lowest BCUT2D eigenvalue weighted by molar-refractivity contribution is -0.0904. The van der Waals surface area contributed by atoms with E-state index in [2.05, 4.69) is 30.1 Å². The van der Waals surface area contributed by atoms with Crippen LogP contribution in [0.25, 0.3) is 5.69 Å². The highest BCUT2D eigenvalue weighted by atomic mass is 35.5. The zero-order valence-corrected chi connectivity index (χ0v) is 24.2. The minimum Gasteiger partial charge on any atom is -0.493 e. The SMILES string of the molecule is COc1cc(NC(=O)c2nn(-c3ccc(Cl)cc3)cc2CO)ccc1OCC(C)OCOCC[Si](C)(C)C. The highest BCUT2D eigenvalue weighted by Gasteiger charge is 2.18. The second-order valence-electron chi connectivity index (χ2n) is 10.0. The van der Waals surface area contributed by atoms with Crippen molar-refractivity contribution in [3.63, 3.8) is 0 Å². The van der Waals surface area contributed by atoms with Gasteiger partial charge < -0.3 is 29.4 Å². The standard InChI is InChI=1S/C27H36ClN3O6Si/c1-19(37-18-35-12-13-38(3,4)5)17-36-24-11-8-22(14-25(24)34-2)29-27(33)26-20(16-32)15-31(30-26)23-9-6-21(28)7-10-23/h6-11,14-15,19,32H,12-13,16-18H2,1-5H3,(H,29,33). The molecule has 1 atom stereocenters. The van der Waals surface area contributed by atoms with E-state index >= 15 is 0 Å². The molecular weight excluding hydrogens is 526 g/mol. The normalized spacial score (nSPS) is 12.3. The number of nitrogens with zero attached hydrogens (tertiary/aromatic N) is 2. The van der Waals surface area contributed by atoms with Crippen molar-refractivity contribution in [2.24, 2.45) is 0 Å². The molecule has 0 spiro atoms.